The van der Waals surface area contributed by atoms with E-state index in [1.165, 1.54) is 4.90 Å². The van der Waals surface area contributed by atoms with Gasteiger partial charge in [0.15, 0.2) is 0 Å². The Morgan fingerprint density at radius 2 is 2.31 bits per heavy atom. The molecule has 0 aliphatic carbocycles. The molecular weight excluding hydrogens is 341 g/mol. The Hall–Kier alpha value is -2.97. The summed E-state index contributed by atoms with van der Waals surface area (Å²) in [5.74, 6) is -1.10. The number of hydrogen-bond donors (Lipinski definition) is 3. The van der Waals surface area contributed by atoms with E-state index in [1.807, 2.05) is 12.1 Å². The molecule has 2 aromatic rings. The number of likely N-dealkylation sites (tertiary alicyclic amines) is 1. The van der Waals surface area contributed by atoms with Gasteiger partial charge >= 0.3 is 0 Å². The Balaban J connectivity index is 1.64. The van der Waals surface area contributed by atoms with Gasteiger partial charge in [0, 0.05) is 41.5 Å². The maximum atomic E-state index is 13.0. The summed E-state index contributed by atoms with van der Waals surface area (Å²) in [6, 6.07) is 2.99. The van der Waals surface area contributed by atoms with Crippen LogP contribution in [0, 0.1) is 5.92 Å². The lowest BCUT2D eigenvalue weighted by Crippen LogP contribution is -2.48. The number of halogens is 1. The van der Waals surface area contributed by atoms with Gasteiger partial charge in [-0.1, -0.05) is 0 Å². The zero-order chi connectivity index (χ0) is 18.5. The molecule has 0 spiro atoms. The highest BCUT2D eigenvalue weighted by molar-refractivity contribution is 5.89. The van der Waals surface area contributed by atoms with E-state index in [0.29, 0.717) is 6.41 Å². The number of rotatable bonds is 7. The number of aromatic nitrogens is 2. The summed E-state index contributed by atoms with van der Waals surface area (Å²) >= 11 is 0. The standard InChI is InChI=1S/C17H20FN5O3/c18-5-11-3-15(23(9-11)16(25)8-20-10-24)17(26)21-7-13-4-12-6-19-2-1-14(12)22-13/h1-2,4,6,10-11,15,22H,3,5,7-9H2,(H,20,24)(H,21,26). The number of nitrogens with zero attached hydrogens (tertiary/aromatic N) is 2. The first kappa shape index (κ1) is 17.8. The average molecular weight is 361 g/mol. The molecule has 8 nitrogen and oxygen atoms in total. The molecule has 1 saturated heterocycles. The van der Waals surface area contributed by atoms with E-state index in [-0.39, 0.29) is 37.9 Å². The maximum Gasteiger partial charge on any atom is 0.243 e. The van der Waals surface area contributed by atoms with E-state index in [1.54, 1.807) is 12.4 Å². The predicted molar refractivity (Wildman–Crippen MR) is 91.6 cm³/mol. The first-order valence-corrected chi connectivity index (χ1v) is 8.34. The van der Waals surface area contributed by atoms with Crippen molar-refractivity contribution in [3.05, 3.63) is 30.2 Å². The predicted octanol–water partition coefficient (Wildman–Crippen LogP) is 0.112. The molecule has 0 radical (unpaired) electrons. The van der Waals surface area contributed by atoms with Crippen LogP contribution in [0.25, 0.3) is 10.9 Å². The Labute approximate surface area is 149 Å². The van der Waals surface area contributed by atoms with Crippen LogP contribution in [0.2, 0.25) is 0 Å². The molecule has 1 aliphatic heterocycles. The van der Waals surface area contributed by atoms with Gasteiger partial charge in [-0.15, -0.1) is 0 Å². The molecule has 2 unspecified atom stereocenters. The Morgan fingerprint density at radius 3 is 3.04 bits per heavy atom. The van der Waals surface area contributed by atoms with Crippen molar-refractivity contribution in [1.82, 2.24) is 25.5 Å². The summed E-state index contributed by atoms with van der Waals surface area (Å²) in [6.07, 6.45) is 4.08. The molecule has 9 heteroatoms. The van der Waals surface area contributed by atoms with Crippen LogP contribution in [0.1, 0.15) is 12.1 Å². The third-order valence-electron chi connectivity index (χ3n) is 4.50. The van der Waals surface area contributed by atoms with Crippen molar-refractivity contribution < 1.29 is 18.8 Å². The van der Waals surface area contributed by atoms with Gasteiger partial charge in [0.25, 0.3) is 0 Å². The van der Waals surface area contributed by atoms with E-state index in [9.17, 15) is 18.8 Å². The summed E-state index contributed by atoms with van der Waals surface area (Å²) in [6.45, 7) is -0.365. The number of hydrogen-bond acceptors (Lipinski definition) is 4. The van der Waals surface area contributed by atoms with Crippen molar-refractivity contribution in [2.24, 2.45) is 5.92 Å². The number of H-pyrrole nitrogens is 1. The third kappa shape index (κ3) is 3.81. The molecule has 3 N–H and O–H groups in total. The first-order valence-electron chi connectivity index (χ1n) is 8.34. The van der Waals surface area contributed by atoms with Gasteiger partial charge in [-0.05, 0) is 18.6 Å². The van der Waals surface area contributed by atoms with Gasteiger partial charge in [-0.2, -0.15) is 0 Å². The number of fused-ring (bicyclic) bond motifs is 1. The van der Waals surface area contributed by atoms with Gasteiger partial charge in [0.1, 0.15) is 6.04 Å². The van der Waals surface area contributed by atoms with Crippen LogP contribution >= 0.6 is 0 Å². The lowest BCUT2D eigenvalue weighted by Gasteiger charge is -2.23. The van der Waals surface area contributed by atoms with Crippen molar-refractivity contribution in [3.63, 3.8) is 0 Å². The molecule has 0 bridgehead atoms. The van der Waals surface area contributed by atoms with Crippen molar-refractivity contribution in [3.8, 4) is 0 Å². The van der Waals surface area contributed by atoms with Gasteiger partial charge in [0.2, 0.25) is 18.2 Å². The smallest absolute Gasteiger partial charge is 0.243 e. The monoisotopic (exact) mass is 361 g/mol. The summed E-state index contributed by atoms with van der Waals surface area (Å²) in [5, 5.41) is 6.01. The van der Waals surface area contributed by atoms with Crippen LogP contribution in [0.5, 0.6) is 0 Å². The fourth-order valence-corrected chi connectivity index (χ4v) is 3.22. The van der Waals surface area contributed by atoms with Crippen molar-refractivity contribution in [2.75, 3.05) is 19.8 Å². The van der Waals surface area contributed by atoms with Crippen molar-refractivity contribution in [1.29, 1.82) is 0 Å². The molecule has 2 aromatic heterocycles. The van der Waals surface area contributed by atoms with Crippen molar-refractivity contribution >= 4 is 29.1 Å². The fourth-order valence-electron chi connectivity index (χ4n) is 3.22. The van der Waals surface area contributed by atoms with E-state index in [0.717, 1.165) is 16.6 Å². The lowest BCUT2D eigenvalue weighted by atomic mass is 10.1. The van der Waals surface area contributed by atoms with Crippen molar-refractivity contribution in [2.45, 2.75) is 19.0 Å². The summed E-state index contributed by atoms with van der Waals surface area (Å²) in [7, 11) is 0. The largest absolute Gasteiger partial charge is 0.357 e. The molecule has 1 aliphatic rings. The zero-order valence-electron chi connectivity index (χ0n) is 14.1. The highest BCUT2D eigenvalue weighted by Gasteiger charge is 2.39. The van der Waals surface area contributed by atoms with E-state index in [4.69, 9.17) is 0 Å². The normalized spacial score (nSPS) is 19.5. The second-order valence-corrected chi connectivity index (χ2v) is 6.29. The van der Waals surface area contributed by atoms with Crippen LogP contribution in [0.15, 0.2) is 24.5 Å². The molecule has 0 aromatic carbocycles. The van der Waals surface area contributed by atoms with Crippen LogP contribution < -0.4 is 10.6 Å². The number of aromatic amines is 1. The van der Waals surface area contributed by atoms with Crippen LogP contribution in [-0.4, -0.2) is 58.9 Å². The third-order valence-corrected chi connectivity index (χ3v) is 4.50. The van der Waals surface area contributed by atoms with Crippen LogP contribution in [0.3, 0.4) is 0 Å². The zero-order valence-corrected chi connectivity index (χ0v) is 14.1. The maximum absolute atomic E-state index is 13.0. The summed E-state index contributed by atoms with van der Waals surface area (Å²) < 4.78 is 13.0. The SMILES string of the molecule is O=CNCC(=O)N1CC(CF)CC1C(=O)NCc1cc2cnccc2[nH]1. The highest BCUT2D eigenvalue weighted by atomic mass is 19.1. The highest BCUT2D eigenvalue weighted by Crippen LogP contribution is 2.24. The Kier molecular flexibility index (Phi) is 5.45. The molecule has 0 saturated carbocycles. The summed E-state index contributed by atoms with van der Waals surface area (Å²) in [5.41, 5.74) is 1.72. The minimum atomic E-state index is -0.734. The van der Waals surface area contributed by atoms with E-state index in [2.05, 4.69) is 20.6 Å². The molecule has 26 heavy (non-hydrogen) atoms. The molecule has 138 valence electrons. The number of carbonyl (C=O) groups is 3. The molecule has 3 heterocycles. The quantitative estimate of drug-likeness (QED) is 0.609. The van der Waals surface area contributed by atoms with E-state index < -0.39 is 18.6 Å². The number of nitrogens with one attached hydrogen (secondary N) is 3. The average Bonchev–Trinajstić information content (AvgIpc) is 3.27. The van der Waals surface area contributed by atoms with Crippen LogP contribution in [-0.2, 0) is 20.9 Å². The molecule has 2 atom stereocenters. The van der Waals surface area contributed by atoms with Gasteiger partial charge < -0.3 is 20.5 Å². The topological polar surface area (TPSA) is 107 Å². The minimum absolute atomic E-state index is 0.173. The second-order valence-electron chi connectivity index (χ2n) is 6.29. The lowest BCUT2D eigenvalue weighted by molar-refractivity contribution is -0.138. The molecule has 3 rings (SSSR count). The van der Waals surface area contributed by atoms with Crippen LogP contribution in [0.4, 0.5) is 4.39 Å². The van der Waals surface area contributed by atoms with Gasteiger partial charge in [-0.25, -0.2) is 0 Å². The number of alkyl halides is 1. The second kappa shape index (κ2) is 7.94. The van der Waals surface area contributed by atoms with Gasteiger partial charge in [0.05, 0.1) is 19.8 Å². The Morgan fingerprint density at radius 1 is 1.46 bits per heavy atom. The minimum Gasteiger partial charge on any atom is -0.357 e. The number of carbonyl (C=O) groups excluding carboxylic acids is 3. The number of pyridine rings is 1. The summed E-state index contributed by atoms with van der Waals surface area (Å²) in [4.78, 5) is 43.6. The molecular formula is C17H20FN5O3. The van der Waals surface area contributed by atoms with Gasteiger partial charge in [-0.3, -0.25) is 23.8 Å². The molecule has 3 amide bonds. The Bertz CT molecular complexity index is 776. The molecule has 1 fully saturated rings. The first-order chi connectivity index (χ1) is 12.6. The fraction of sp³-hybridized carbons (Fsp3) is 0.412. The van der Waals surface area contributed by atoms with E-state index >= 15 is 0 Å². The number of amides is 3.